The first kappa shape index (κ1) is 19.5. The smallest absolute Gasteiger partial charge is 0.307 e. The van der Waals surface area contributed by atoms with Crippen LogP contribution in [0.4, 0.5) is 0 Å². The topological polar surface area (TPSA) is 107 Å². The zero-order chi connectivity index (χ0) is 18.4. The highest BCUT2D eigenvalue weighted by atomic mass is 16.5. The molecule has 0 radical (unpaired) electrons. The molecule has 1 atom stereocenters. The number of carbonyl (C=O) groups excluding carboxylic acids is 3. The minimum atomic E-state index is -1.95. The Kier molecular flexibility index (Phi) is 6.62. The van der Waals surface area contributed by atoms with Crippen molar-refractivity contribution in [1.29, 1.82) is 0 Å². The van der Waals surface area contributed by atoms with Gasteiger partial charge >= 0.3 is 5.97 Å². The summed E-state index contributed by atoms with van der Waals surface area (Å²) >= 11 is 0. The maximum Gasteiger partial charge on any atom is 0.307 e. The van der Waals surface area contributed by atoms with Crippen LogP contribution in [-0.2, 0) is 19.1 Å². The highest BCUT2D eigenvalue weighted by molar-refractivity contribution is 5.97. The molecule has 0 aromatic carbocycles. The zero-order valence-electron chi connectivity index (χ0n) is 14.6. The fraction of sp³-hybridized carbons (Fsp3) is 0.737. The van der Waals surface area contributed by atoms with Crippen molar-refractivity contribution in [2.45, 2.75) is 76.7 Å². The first-order chi connectivity index (χ1) is 11.9. The lowest BCUT2D eigenvalue weighted by Gasteiger charge is -2.44. The normalized spacial score (nSPS) is 21.9. The second kappa shape index (κ2) is 8.50. The van der Waals surface area contributed by atoms with Crippen molar-refractivity contribution in [1.82, 2.24) is 0 Å². The van der Waals surface area contributed by atoms with Crippen LogP contribution < -0.4 is 10.2 Å². The maximum atomic E-state index is 12.4. The quantitative estimate of drug-likeness (QED) is 0.498. The van der Waals surface area contributed by atoms with E-state index in [1.165, 1.54) is 0 Å². The van der Waals surface area contributed by atoms with Gasteiger partial charge in [0.15, 0.2) is 0 Å². The summed E-state index contributed by atoms with van der Waals surface area (Å²) in [5.41, 5.74) is -2.54. The van der Waals surface area contributed by atoms with Gasteiger partial charge in [-0.05, 0) is 50.0 Å². The molecule has 0 aliphatic heterocycles. The second-order valence-corrected chi connectivity index (χ2v) is 7.29. The van der Waals surface area contributed by atoms with Gasteiger partial charge in [0.05, 0.1) is 18.4 Å². The zero-order valence-corrected chi connectivity index (χ0v) is 14.6. The molecule has 6 heteroatoms. The lowest BCUT2D eigenvalue weighted by molar-refractivity contribution is -0.325. The van der Waals surface area contributed by atoms with Crippen LogP contribution in [0.3, 0.4) is 0 Å². The van der Waals surface area contributed by atoms with Crippen LogP contribution in [0.25, 0.3) is 0 Å². The van der Waals surface area contributed by atoms with Crippen molar-refractivity contribution in [3.05, 3.63) is 12.2 Å². The van der Waals surface area contributed by atoms with Gasteiger partial charge in [0.2, 0.25) is 0 Å². The number of esters is 1. The van der Waals surface area contributed by atoms with Crippen molar-refractivity contribution in [2.24, 2.45) is 11.3 Å². The van der Waals surface area contributed by atoms with Crippen molar-refractivity contribution >= 4 is 17.9 Å². The molecule has 2 aliphatic rings. The van der Waals surface area contributed by atoms with E-state index in [0.717, 1.165) is 51.4 Å². The van der Waals surface area contributed by atoms with Crippen molar-refractivity contribution < 1.29 is 29.3 Å². The van der Waals surface area contributed by atoms with E-state index < -0.39 is 41.2 Å². The van der Waals surface area contributed by atoms with Gasteiger partial charge in [-0.1, -0.05) is 32.3 Å². The summed E-state index contributed by atoms with van der Waals surface area (Å²) in [4.78, 5) is 35.9. The van der Waals surface area contributed by atoms with Crippen LogP contribution in [0.15, 0.2) is 12.2 Å². The van der Waals surface area contributed by atoms with Crippen LogP contribution in [0, 0.1) is 11.3 Å². The van der Waals surface area contributed by atoms with Crippen LogP contribution >= 0.6 is 0 Å². The lowest BCUT2D eigenvalue weighted by atomic mass is 9.63. The number of aliphatic carboxylic acids is 2. The molecule has 2 aliphatic carbocycles. The Hall–Kier alpha value is -1.85. The highest BCUT2D eigenvalue weighted by Crippen LogP contribution is 2.46. The minimum absolute atomic E-state index is 0.219. The molecule has 1 unspecified atom stereocenters. The van der Waals surface area contributed by atoms with E-state index in [-0.39, 0.29) is 6.10 Å². The minimum Gasteiger partial charge on any atom is -0.549 e. The van der Waals surface area contributed by atoms with E-state index >= 15 is 0 Å². The largest absolute Gasteiger partial charge is 0.549 e. The maximum absolute atomic E-state index is 12.4. The number of ether oxygens (including phenoxy) is 1. The summed E-state index contributed by atoms with van der Waals surface area (Å²) in [6.07, 6.45) is 7.38. The van der Waals surface area contributed by atoms with Gasteiger partial charge in [0.1, 0.15) is 6.10 Å². The van der Waals surface area contributed by atoms with Gasteiger partial charge in [0, 0.05) is 5.41 Å². The third-order valence-corrected chi connectivity index (χ3v) is 5.72. The summed E-state index contributed by atoms with van der Waals surface area (Å²) in [5, 5.41) is 23.4. The van der Waals surface area contributed by atoms with Gasteiger partial charge < -0.3 is 24.5 Å². The Morgan fingerprint density at radius 3 is 1.92 bits per heavy atom. The molecule has 0 amide bonds. The molecule has 25 heavy (non-hydrogen) atoms. The molecule has 140 valence electrons. The van der Waals surface area contributed by atoms with Gasteiger partial charge in [-0.25, -0.2) is 0 Å². The monoisotopic (exact) mass is 350 g/mol. The second-order valence-electron chi connectivity index (χ2n) is 7.29. The molecule has 6 nitrogen and oxygen atoms in total. The van der Waals surface area contributed by atoms with Crippen molar-refractivity contribution in [2.75, 3.05) is 0 Å². The number of hydrogen-bond acceptors (Lipinski definition) is 6. The fourth-order valence-electron chi connectivity index (χ4n) is 4.28. The third kappa shape index (κ3) is 4.41. The number of carbonyl (C=O) groups is 3. The number of carboxylic acids is 2. The molecule has 0 heterocycles. The summed E-state index contributed by atoms with van der Waals surface area (Å²) < 4.78 is 5.43. The Bertz CT molecular complexity index is 528. The molecule has 2 saturated carbocycles. The van der Waals surface area contributed by atoms with E-state index in [4.69, 9.17) is 4.74 Å². The van der Waals surface area contributed by atoms with Crippen LogP contribution in [0.1, 0.15) is 70.6 Å². The predicted octanol–water partition coefficient (Wildman–Crippen LogP) is 0.875. The van der Waals surface area contributed by atoms with Gasteiger partial charge in [-0.2, -0.15) is 0 Å². The summed E-state index contributed by atoms with van der Waals surface area (Å²) in [7, 11) is 0. The van der Waals surface area contributed by atoms with E-state index in [9.17, 15) is 24.6 Å². The van der Waals surface area contributed by atoms with Crippen LogP contribution in [0.2, 0.25) is 0 Å². The molecule has 0 N–H and O–H groups in total. The molecule has 0 saturated heterocycles. The first-order valence-corrected chi connectivity index (χ1v) is 9.19. The molecule has 0 aromatic heterocycles. The van der Waals surface area contributed by atoms with E-state index in [1.54, 1.807) is 0 Å². The standard InChI is InChI=1S/C19H28O6/c1-13(17(21)22)19(18(23)24,14-8-4-2-5-9-14)12-16(20)25-15-10-6-3-7-11-15/h14-15H,1-12H2,(H,21,22)(H,23,24)/p-2. The third-order valence-electron chi connectivity index (χ3n) is 5.72. The number of rotatable bonds is 7. The Morgan fingerprint density at radius 2 is 1.44 bits per heavy atom. The SMILES string of the molecule is C=C(C(=O)[O-])C(CC(=O)OC1CCCCC1)(C(=O)[O-])C1CCCCC1. The summed E-state index contributed by atoms with van der Waals surface area (Å²) in [6.45, 7) is 3.43. The van der Waals surface area contributed by atoms with Gasteiger partial charge in [-0.3, -0.25) is 4.79 Å². The number of hydrogen-bond donors (Lipinski definition) is 0. The van der Waals surface area contributed by atoms with E-state index in [0.29, 0.717) is 12.8 Å². The van der Waals surface area contributed by atoms with Crippen molar-refractivity contribution in [3.63, 3.8) is 0 Å². The molecular weight excluding hydrogens is 324 g/mol. The van der Waals surface area contributed by atoms with Crippen LogP contribution in [-0.4, -0.2) is 24.0 Å². The van der Waals surface area contributed by atoms with Gasteiger partial charge in [0.25, 0.3) is 0 Å². The Labute approximate surface area is 148 Å². The molecule has 2 fully saturated rings. The van der Waals surface area contributed by atoms with Crippen LogP contribution in [0.5, 0.6) is 0 Å². The molecular formula is C19H26O6-2. The van der Waals surface area contributed by atoms with Gasteiger partial charge in [-0.15, -0.1) is 0 Å². The molecule has 0 aromatic rings. The Balaban J connectivity index is 2.22. The lowest BCUT2D eigenvalue weighted by Crippen LogP contribution is -2.53. The molecule has 0 spiro atoms. The molecule has 2 rings (SSSR count). The predicted molar refractivity (Wildman–Crippen MR) is 85.7 cm³/mol. The Morgan fingerprint density at radius 1 is 0.920 bits per heavy atom. The summed E-state index contributed by atoms with van der Waals surface area (Å²) in [5.74, 6) is -4.42. The molecule has 0 bridgehead atoms. The first-order valence-electron chi connectivity index (χ1n) is 9.19. The summed E-state index contributed by atoms with van der Waals surface area (Å²) in [6, 6.07) is 0. The average molecular weight is 350 g/mol. The van der Waals surface area contributed by atoms with E-state index in [2.05, 4.69) is 6.58 Å². The van der Waals surface area contributed by atoms with Crippen molar-refractivity contribution in [3.8, 4) is 0 Å². The number of carboxylic acid groups (broad SMARTS) is 2. The average Bonchev–Trinajstić information content (AvgIpc) is 2.60. The van der Waals surface area contributed by atoms with E-state index in [1.807, 2.05) is 0 Å². The fourth-order valence-corrected chi connectivity index (χ4v) is 4.28. The highest BCUT2D eigenvalue weighted by Gasteiger charge is 2.46.